The first-order chi connectivity index (χ1) is 7.74. The summed E-state index contributed by atoms with van der Waals surface area (Å²) in [6.45, 7) is 13.2. The van der Waals surface area contributed by atoms with Crippen LogP contribution in [0.4, 0.5) is 0 Å². The summed E-state index contributed by atoms with van der Waals surface area (Å²) in [6, 6.07) is 0.669. The van der Waals surface area contributed by atoms with Crippen molar-refractivity contribution in [3.8, 4) is 0 Å². The molecule has 0 heterocycles. The second kappa shape index (κ2) is 9.78. The first-order valence-corrected chi connectivity index (χ1v) is 7.81. The third kappa shape index (κ3) is 6.22. The summed E-state index contributed by atoms with van der Waals surface area (Å²) < 4.78 is 17.2. The standard InChI is InChI=1S/C12H24O3Si/c1-5-9-10-11-15-16(12-6-2,13-7-3)14-8-4/h5-6H,1-2,7-12H2,3-4H3. The lowest BCUT2D eigenvalue weighted by Gasteiger charge is -2.27. The highest BCUT2D eigenvalue weighted by atomic mass is 28.4. The van der Waals surface area contributed by atoms with Crippen LogP contribution in [0.5, 0.6) is 0 Å². The molecule has 0 atom stereocenters. The molecule has 0 spiro atoms. The number of hydrogen-bond donors (Lipinski definition) is 0. The van der Waals surface area contributed by atoms with Crippen molar-refractivity contribution in [2.75, 3.05) is 19.8 Å². The zero-order valence-corrected chi connectivity index (χ0v) is 11.5. The van der Waals surface area contributed by atoms with Crippen LogP contribution in [0.1, 0.15) is 26.7 Å². The smallest absolute Gasteiger partial charge is 0.374 e. The normalized spacial score (nSPS) is 11.4. The van der Waals surface area contributed by atoms with Crippen molar-refractivity contribution < 1.29 is 13.3 Å². The van der Waals surface area contributed by atoms with Crippen molar-refractivity contribution >= 4 is 8.80 Å². The van der Waals surface area contributed by atoms with Gasteiger partial charge in [-0.05, 0) is 26.7 Å². The fourth-order valence-corrected chi connectivity index (χ4v) is 3.67. The van der Waals surface area contributed by atoms with Crippen molar-refractivity contribution in [3.05, 3.63) is 25.3 Å². The van der Waals surface area contributed by atoms with Gasteiger partial charge in [0.25, 0.3) is 0 Å². The molecule has 0 aliphatic carbocycles. The average Bonchev–Trinajstić information content (AvgIpc) is 2.26. The summed E-state index contributed by atoms with van der Waals surface area (Å²) >= 11 is 0. The molecule has 16 heavy (non-hydrogen) atoms. The van der Waals surface area contributed by atoms with E-state index in [0.29, 0.717) is 25.9 Å². The van der Waals surface area contributed by atoms with Crippen LogP contribution in [0.2, 0.25) is 6.04 Å². The van der Waals surface area contributed by atoms with Gasteiger partial charge in [0.1, 0.15) is 0 Å². The number of allylic oxidation sites excluding steroid dienone is 2. The lowest BCUT2D eigenvalue weighted by molar-refractivity contribution is 0.0693. The second-order valence-corrected chi connectivity index (χ2v) is 5.96. The molecule has 0 bridgehead atoms. The van der Waals surface area contributed by atoms with Crippen LogP contribution in [-0.4, -0.2) is 28.6 Å². The molecule has 0 aromatic carbocycles. The SMILES string of the molecule is C=CCCCO[Si](CC=C)(OCC)OCC. The zero-order valence-electron chi connectivity index (χ0n) is 10.5. The fraction of sp³-hybridized carbons (Fsp3) is 0.667. The zero-order chi connectivity index (χ0) is 12.3. The van der Waals surface area contributed by atoms with Crippen LogP contribution in [0.25, 0.3) is 0 Å². The van der Waals surface area contributed by atoms with Gasteiger partial charge < -0.3 is 13.3 Å². The summed E-state index contributed by atoms with van der Waals surface area (Å²) in [4.78, 5) is 0. The van der Waals surface area contributed by atoms with E-state index in [2.05, 4.69) is 13.2 Å². The van der Waals surface area contributed by atoms with E-state index in [1.807, 2.05) is 26.0 Å². The maximum absolute atomic E-state index is 5.83. The Morgan fingerprint density at radius 2 is 1.62 bits per heavy atom. The third-order valence-electron chi connectivity index (χ3n) is 2.00. The monoisotopic (exact) mass is 244 g/mol. The summed E-state index contributed by atoms with van der Waals surface area (Å²) in [5.41, 5.74) is 0. The molecule has 3 nitrogen and oxygen atoms in total. The molecule has 0 aliphatic heterocycles. The van der Waals surface area contributed by atoms with Crippen molar-refractivity contribution in [2.45, 2.75) is 32.7 Å². The largest absolute Gasteiger partial charge is 0.504 e. The van der Waals surface area contributed by atoms with Gasteiger partial charge >= 0.3 is 8.80 Å². The Kier molecular flexibility index (Phi) is 9.52. The second-order valence-electron chi connectivity index (χ2n) is 3.32. The van der Waals surface area contributed by atoms with Gasteiger partial charge in [0.05, 0.1) is 0 Å². The molecule has 0 rings (SSSR count). The molecule has 0 aromatic rings. The molecule has 94 valence electrons. The number of unbranched alkanes of at least 4 members (excludes halogenated alkanes) is 1. The molecular weight excluding hydrogens is 220 g/mol. The Bertz CT molecular complexity index is 189. The third-order valence-corrected chi connectivity index (χ3v) is 4.89. The van der Waals surface area contributed by atoms with Gasteiger partial charge in [0, 0.05) is 25.9 Å². The Balaban J connectivity index is 4.22. The molecule has 0 saturated carbocycles. The highest BCUT2D eigenvalue weighted by molar-refractivity contribution is 6.61. The van der Waals surface area contributed by atoms with E-state index >= 15 is 0 Å². The molecule has 0 radical (unpaired) electrons. The van der Waals surface area contributed by atoms with E-state index in [-0.39, 0.29) is 0 Å². The van der Waals surface area contributed by atoms with Gasteiger partial charge in [-0.15, -0.1) is 13.2 Å². The number of rotatable bonds is 11. The van der Waals surface area contributed by atoms with E-state index < -0.39 is 8.80 Å². The van der Waals surface area contributed by atoms with Crippen LogP contribution >= 0.6 is 0 Å². The van der Waals surface area contributed by atoms with Gasteiger partial charge in [-0.25, -0.2) is 0 Å². The quantitative estimate of drug-likeness (QED) is 0.317. The molecule has 0 unspecified atom stereocenters. The van der Waals surface area contributed by atoms with Crippen LogP contribution in [0, 0.1) is 0 Å². The summed E-state index contributed by atoms with van der Waals surface area (Å²) in [5.74, 6) is 0. The molecule has 0 saturated heterocycles. The van der Waals surface area contributed by atoms with Gasteiger partial charge in [-0.1, -0.05) is 12.2 Å². The van der Waals surface area contributed by atoms with Gasteiger partial charge in [-0.3, -0.25) is 0 Å². The predicted octanol–water partition coefficient (Wildman–Crippen LogP) is 3.17. The maximum atomic E-state index is 5.83. The summed E-state index contributed by atoms with van der Waals surface area (Å²) in [7, 11) is -2.50. The van der Waals surface area contributed by atoms with E-state index in [0.717, 1.165) is 12.8 Å². The first kappa shape index (κ1) is 15.6. The van der Waals surface area contributed by atoms with Crippen molar-refractivity contribution in [3.63, 3.8) is 0 Å². The van der Waals surface area contributed by atoms with E-state index in [1.54, 1.807) is 0 Å². The Labute approximate surface area is 100 Å². The highest BCUT2D eigenvalue weighted by Gasteiger charge is 2.38. The minimum atomic E-state index is -2.50. The minimum absolute atomic E-state index is 0.613. The van der Waals surface area contributed by atoms with Gasteiger partial charge in [0.15, 0.2) is 0 Å². The van der Waals surface area contributed by atoms with Crippen molar-refractivity contribution in [2.24, 2.45) is 0 Å². The van der Waals surface area contributed by atoms with Crippen LogP contribution in [0.15, 0.2) is 25.3 Å². The van der Waals surface area contributed by atoms with Crippen LogP contribution < -0.4 is 0 Å². The summed E-state index contributed by atoms with van der Waals surface area (Å²) in [6.07, 6.45) is 5.61. The topological polar surface area (TPSA) is 27.7 Å². The lowest BCUT2D eigenvalue weighted by Crippen LogP contribution is -2.45. The molecule has 0 aliphatic rings. The first-order valence-electron chi connectivity index (χ1n) is 5.88. The van der Waals surface area contributed by atoms with E-state index in [9.17, 15) is 0 Å². The van der Waals surface area contributed by atoms with E-state index in [4.69, 9.17) is 13.3 Å². The maximum Gasteiger partial charge on any atom is 0.504 e. The van der Waals surface area contributed by atoms with E-state index in [1.165, 1.54) is 0 Å². The van der Waals surface area contributed by atoms with Gasteiger partial charge in [-0.2, -0.15) is 0 Å². The number of hydrogen-bond acceptors (Lipinski definition) is 3. The van der Waals surface area contributed by atoms with Crippen LogP contribution in [0.3, 0.4) is 0 Å². The fourth-order valence-electron chi connectivity index (χ4n) is 1.37. The predicted molar refractivity (Wildman–Crippen MR) is 69.4 cm³/mol. The highest BCUT2D eigenvalue weighted by Crippen LogP contribution is 2.16. The molecule has 0 N–H and O–H groups in total. The van der Waals surface area contributed by atoms with Crippen molar-refractivity contribution in [1.29, 1.82) is 0 Å². The lowest BCUT2D eigenvalue weighted by atomic mass is 10.3. The Morgan fingerprint density at radius 3 is 2.06 bits per heavy atom. The Hall–Kier alpha value is -0.423. The summed E-state index contributed by atoms with van der Waals surface area (Å²) in [5, 5.41) is 0. The Morgan fingerprint density at radius 1 is 1.00 bits per heavy atom. The molecule has 0 amide bonds. The molecule has 0 fully saturated rings. The average molecular weight is 244 g/mol. The van der Waals surface area contributed by atoms with Crippen molar-refractivity contribution in [1.82, 2.24) is 0 Å². The van der Waals surface area contributed by atoms with Crippen LogP contribution in [-0.2, 0) is 13.3 Å². The molecule has 0 aromatic heterocycles. The molecule has 4 heteroatoms. The minimum Gasteiger partial charge on any atom is -0.374 e. The van der Waals surface area contributed by atoms with Gasteiger partial charge in [0.2, 0.25) is 0 Å². The molecular formula is C12H24O3Si.